The summed E-state index contributed by atoms with van der Waals surface area (Å²) in [5.74, 6) is -0.0852. The molecule has 1 aromatic rings. The molecule has 1 aromatic heterocycles. The summed E-state index contributed by atoms with van der Waals surface area (Å²) in [5.41, 5.74) is 7.19. The molecule has 0 aliphatic carbocycles. The predicted octanol–water partition coefficient (Wildman–Crippen LogP) is 1.70. The first-order chi connectivity index (χ1) is 8.56. The van der Waals surface area contributed by atoms with E-state index in [9.17, 15) is 9.59 Å². The largest absolute Gasteiger partial charge is 1.00 e. The van der Waals surface area contributed by atoms with Crippen LogP contribution in [0.15, 0.2) is 11.4 Å². The third-order valence-electron chi connectivity index (χ3n) is 2.77. The minimum absolute atomic E-state index is 0. The Morgan fingerprint density at radius 3 is 2.68 bits per heavy atom. The molecule has 0 aliphatic heterocycles. The van der Waals surface area contributed by atoms with Crippen molar-refractivity contribution in [3.63, 3.8) is 0 Å². The molecule has 0 bridgehead atoms. The summed E-state index contributed by atoms with van der Waals surface area (Å²) in [5, 5.41) is 1.94. The standard InChI is InChI=1S/C13H19NO3S.Na/c1-3-4-5-6-9(2)11(15)10-7-8-18-12(10)17-13(14)16;/h7-9H,3-6H2,1-2H3,(H2,14,16);/q;+1/p-1. The van der Waals surface area contributed by atoms with Gasteiger partial charge in [0.2, 0.25) is 6.09 Å². The zero-order chi connectivity index (χ0) is 13.5. The summed E-state index contributed by atoms with van der Waals surface area (Å²) in [6, 6.07) is 1.65. The van der Waals surface area contributed by atoms with Crippen molar-refractivity contribution in [2.24, 2.45) is 5.92 Å². The Balaban J connectivity index is 0.00000324. The number of Topliss-reactive ketones (excluding diaryl/α,β-unsaturated/α-hetero) is 1. The van der Waals surface area contributed by atoms with E-state index in [1.165, 1.54) is 11.3 Å². The number of carbonyl (C=O) groups excluding carboxylic acids is 2. The van der Waals surface area contributed by atoms with E-state index in [0.29, 0.717) is 5.56 Å². The zero-order valence-electron chi connectivity index (χ0n) is 11.7. The van der Waals surface area contributed by atoms with Gasteiger partial charge in [-0.1, -0.05) is 33.1 Å². The van der Waals surface area contributed by atoms with Crippen molar-refractivity contribution in [3.8, 4) is 5.06 Å². The third kappa shape index (κ3) is 6.08. The molecule has 0 radical (unpaired) electrons. The van der Waals surface area contributed by atoms with Crippen LogP contribution in [-0.4, -0.2) is 11.9 Å². The summed E-state index contributed by atoms with van der Waals surface area (Å²) in [6.07, 6.45) is 2.99. The average Bonchev–Trinajstić information content (AvgIpc) is 2.75. The molecule has 1 rings (SSSR count). The van der Waals surface area contributed by atoms with Gasteiger partial charge in [0.1, 0.15) is 0 Å². The number of amides is 1. The van der Waals surface area contributed by atoms with E-state index < -0.39 is 6.09 Å². The third-order valence-corrected chi connectivity index (χ3v) is 3.56. The van der Waals surface area contributed by atoms with Crippen LogP contribution in [0.5, 0.6) is 5.06 Å². The van der Waals surface area contributed by atoms with Gasteiger partial charge in [-0.05, 0) is 17.9 Å². The molecule has 1 unspecified atom stereocenters. The summed E-state index contributed by atoms with van der Waals surface area (Å²) in [7, 11) is 0. The Bertz CT molecular complexity index is 420. The van der Waals surface area contributed by atoms with Crippen molar-refractivity contribution >= 4 is 23.2 Å². The Kier molecular flexibility index (Phi) is 9.35. The van der Waals surface area contributed by atoms with Gasteiger partial charge in [0.25, 0.3) is 0 Å². The van der Waals surface area contributed by atoms with E-state index in [2.05, 4.69) is 6.92 Å². The van der Waals surface area contributed by atoms with Gasteiger partial charge >= 0.3 is 29.6 Å². The van der Waals surface area contributed by atoms with Crippen LogP contribution in [0, 0.1) is 5.92 Å². The number of thiophene rings is 1. The van der Waals surface area contributed by atoms with Crippen LogP contribution in [0.2, 0.25) is 0 Å². The molecule has 0 aromatic carbocycles. The number of nitrogens with one attached hydrogen (secondary N) is 1. The number of hydrogen-bond acceptors (Lipinski definition) is 4. The van der Waals surface area contributed by atoms with Crippen LogP contribution in [0.25, 0.3) is 5.73 Å². The van der Waals surface area contributed by atoms with Gasteiger partial charge in [0, 0.05) is 5.92 Å². The number of ketones is 1. The summed E-state index contributed by atoms with van der Waals surface area (Å²) in [6.45, 7) is 4.01. The van der Waals surface area contributed by atoms with Gasteiger partial charge < -0.3 is 10.5 Å². The number of hydrogen-bond donors (Lipinski definition) is 0. The van der Waals surface area contributed by atoms with E-state index in [-0.39, 0.29) is 46.3 Å². The minimum atomic E-state index is -1.13. The van der Waals surface area contributed by atoms with Crippen molar-refractivity contribution < 1.29 is 43.9 Å². The Labute approximate surface area is 140 Å². The van der Waals surface area contributed by atoms with Crippen LogP contribution in [-0.2, 0) is 0 Å². The van der Waals surface area contributed by atoms with Crippen molar-refractivity contribution in [1.82, 2.24) is 0 Å². The first-order valence-electron chi connectivity index (χ1n) is 6.11. The smallest absolute Gasteiger partial charge is 0.631 e. The maximum absolute atomic E-state index is 12.2. The molecule has 1 atom stereocenters. The van der Waals surface area contributed by atoms with Crippen LogP contribution >= 0.6 is 11.3 Å². The molecule has 19 heavy (non-hydrogen) atoms. The van der Waals surface area contributed by atoms with Gasteiger partial charge in [0.15, 0.2) is 10.8 Å². The molecule has 0 spiro atoms. The number of rotatable bonds is 7. The molecule has 0 fully saturated rings. The molecule has 1 amide bonds. The molecular formula is C13H18NNaO3S. The topological polar surface area (TPSA) is 67.2 Å². The second-order valence-electron chi connectivity index (χ2n) is 4.27. The van der Waals surface area contributed by atoms with Gasteiger partial charge in [-0.2, -0.15) is 0 Å². The van der Waals surface area contributed by atoms with Gasteiger partial charge in [-0.15, -0.1) is 11.3 Å². The number of ether oxygens (including phenoxy) is 1. The molecule has 6 heteroatoms. The molecule has 1 N–H and O–H groups in total. The molecule has 100 valence electrons. The van der Waals surface area contributed by atoms with Gasteiger partial charge in [-0.3, -0.25) is 9.59 Å². The summed E-state index contributed by atoms with van der Waals surface area (Å²) >= 11 is 1.17. The van der Waals surface area contributed by atoms with Crippen LogP contribution < -0.4 is 34.3 Å². The fourth-order valence-electron chi connectivity index (χ4n) is 1.74. The van der Waals surface area contributed by atoms with E-state index in [0.717, 1.165) is 25.7 Å². The summed E-state index contributed by atoms with van der Waals surface area (Å²) < 4.78 is 4.71. The maximum atomic E-state index is 12.2. The van der Waals surface area contributed by atoms with Gasteiger partial charge in [0.05, 0.1) is 5.56 Å². The SMILES string of the molecule is CCCCCC(C)C(=O)c1ccsc1OC([NH-])=O.[Na+]. The molecule has 0 saturated heterocycles. The van der Waals surface area contributed by atoms with E-state index in [1.807, 2.05) is 6.92 Å². The van der Waals surface area contributed by atoms with E-state index in [4.69, 9.17) is 10.5 Å². The molecule has 0 saturated carbocycles. The first-order valence-corrected chi connectivity index (χ1v) is 6.99. The van der Waals surface area contributed by atoms with Crippen LogP contribution in [0.1, 0.15) is 49.9 Å². The normalized spacial score (nSPS) is 11.5. The quantitative estimate of drug-likeness (QED) is 0.436. The van der Waals surface area contributed by atoms with E-state index in [1.54, 1.807) is 11.4 Å². The molecule has 0 aliphatic rings. The number of carbonyl (C=O) groups is 2. The molecule has 1 heterocycles. The van der Waals surface area contributed by atoms with Crippen molar-refractivity contribution in [3.05, 3.63) is 22.7 Å². The minimum Gasteiger partial charge on any atom is -0.631 e. The first kappa shape index (κ1) is 18.6. The zero-order valence-corrected chi connectivity index (χ0v) is 14.5. The molecular weight excluding hydrogens is 273 g/mol. The van der Waals surface area contributed by atoms with Crippen molar-refractivity contribution in [2.75, 3.05) is 0 Å². The Morgan fingerprint density at radius 2 is 2.11 bits per heavy atom. The van der Waals surface area contributed by atoms with E-state index >= 15 is 0 Å². The van der Waals surface area contributed by atoms with Crippen LogP contribution in [0.4, 0.5) is 4.79 Å². The van der Waals surface area contributed by atoms with Crippen molar-refractivity contribution in [1.29, 1.82) is 0 Å². The predicted molar refractivity (Wildman–Crippen MR) is 72.3 cm³/mol. The maximum Gasteiger partial charge on any atom is 1.00 e. The Morgan fingerprint density at radius 1 is 1.42 bits per heavy atom. The van der Waals surface area contributed by atoms with Crippen molar-refractivity contribution in [2.45, 2.75) is 39.5 Å². The Hall–Kier alpha value is -0.360. The van der Waals surface area contributed by atoms with Gasteiger partial charge in [-0.25, -0.2) is 0 Å². The summed E-state index contributed by atoms with van der Waals surface area (Å²) in [4.78, 5) is 22.8. The average molecular weight is 291 g/mol. The second-order valence-corrected chi connectivity index (χ2v) is 5.15. The van der Waals surface area contributed by atoms with Crippen LogP contribution in [0.3, 0.4) is 0 Å². The second kappa shape index (κ2) is 9.53. The molecule has 4 nitrogen and oxygen atoms in total. The number of unbranched alkanes of at least 4 members (excludes halogenated alkanes) is 2. The fourth-order valence-corrected chi connectivity index (χ4v) is 2.49. The fraction of sp³-hybridized carbons (Fsp3) is 0.538. The monoisotopic (exact) mass is 291 g/mol.